The first kappa shape index (κ1) is 14.0. The Hall–Kier alpha value is -0.420. The smallest absolute Gasteiger partial charge is 0.288 e. The van der Waals surface area contributed by atoms with Gasteiger partial charge in [0.15, 0.2) is 0 Å². The Morgan fingerprint density at radius 2 is 2.17 bits per heavy atom. The standard InChI is InChI=1S/C13H17F2NS2/c1-9-10(6-4-8-17-9)16-11-5-2-3-7-12(11)18-13(14)15/h2-3,5,7,9-10,13,16H,4,6,8H2,1H3. The largest absolute Gasteiger partial charge is 0.380 e. The summed E-state index contributed by atoms with van der Waals surface area (Å²) in [7, 11) is 0. The molecule has 1 nitrogen and oxygen atoms in total. The molecule has 5 heteroatoms. The molecule has 0 amide bonds. The fraction of sp³-hybridized carbons (Fsp3) is 0.538. The maximum absolute atomic E-state index is 12.5. The number of rotatable bonds is 4. The molecule has 2 unspecified atom stereocenters. The van der Waals surface area contributed by atoms with Gasteiger partial charge in [0.25, 0.3) is 5.76 Å². The molecule has 1 heterocycles. The number of thioether (sulfide) groups is 2. The number of benzene rings is 1. The molecule has 0 spiro atoms. The van der Waals surface area contributed by atoms with E-state index in [1.807, 2.05) is 23.9 Å². The van der Waals surface area contributed by atoms with E-state index in [1.54, 1.807) is 12.1 Å². The van der Waals surface area contributed by atoms with Crippen molar-refractivity contribution in [3.05, 3.63) is 24.3 Å². The second kappa shape index (κ2) is 6.66. The number of hydrogen-bond acceptors (Lipinski definition) is 3. The fourth-order valence-electron chi connectivity index (χ4n) is 2.10. The third-order valence-electron chi connectivity index (χ3n) is 3.05. The van der Waals surface area contributed by atoms with E-state index in [0.29, 0.717) is 27.9 Å². The van der Waals surface area contributed by atoms with Gasteiger partial charge < -0.3 is 5.32 Å². The molecule has 100 valence electrons. The van der Waals surface area contributed by atoms with Crippen LogP contribution < -0.4 is 5.32 Å². The minimum Gasteiger partial charge on any atom is -0.380 e. The lowest BCUT2D eigenvalue weighted by molar-refractivity contribution is 0.252. The van der Waals surface area contributed by atoms with Crippen LogP contribution in [0.15, 0.2) is 29.2 Å². The van der Waals surface area contributed by atoms with Gasteiger partial charge in [-0.15, -0.1) is 0 Å². The molecule has 1 aliphatic heterocycles. The van der Waals surface area contributed by atoms with Gasteiger partial charge in [0.2, 0.25) is 0 Å². The van der Waals surface area contributed by atoms with Crippen LogP contribution in [0.1, 0.15) is 19.8 Å². The normalized spacial score (nSPS) is 24.2. The highest BCUT2D eigenvalue weighted by Gasteiger charge is 2.22. The topological polar surface area (TPSA) is 12.0 Å². The molecule has 0 saturated carbocycles. The molecule has 2 atom stereocenters. The van der Waals surface area contributed by atoms with Crippen molar-refractivity contribution >= 4 is 29.2 Å². The molecule has 1 aromatic rings. The lowest BCUT2D eigenvalue weighted by atomic mass is 10.1. The van der Waals surface area contributed by atoms with E-state index in [9.17, 15) is 8.78 Å². The van der Waals surface area contributed by atoms with Gasteiger partial charge in [-0.05, 0) is 30.7 Å². The minimum absolute atomic E-state index is 0.378. The zero-order valence-corrected chi connectivity index (χ0v) is 11.9. The second-order valence-corrected chi connectivity index (χ2v) is 6.86. The highest BCUT2D eigenvalue weighted by molar-refractivity contribution is 8.00. The van der Waals surface area contributed by atoms with Crippen molar-refractivity contribution in [1.82, 2.24) is 0 Å². The fourth-order valence-corrected chi connectivity index (χ4v) is 3.84. The number of hydrogen-bond donors (Lipinski definition) is 1. The minimum atomic E-state index is -2.37. The van der Waals surface area contributed by atoms with Crippen molar-refractivity contribution in [2.45, 2.75) is 41.7 Å². The lowest BCUT2D eigenvalue weighted by Gasteiger charge is -2.30. The third kappa shape index (κ3) is 3.79. The van der Waals surface area contributed by atoms with Gasteiger partial charge in [0, 0.05) is 21.9 Å². The molecule has 0 bridgehead atoms. The summed E-state index contributed by atoms with van der Waals surface area (Å²) < 4.78 is 25.0. The van der Waals surface area contributed by atoms with Crippen molar-refractivity contribution < 1.29 is 8.78 Å². The maximum Gasteiger partial charge on any atom is 0.288 e. The van der Waals surface area contributed by atoms with Crippen LogP contribution in [0.5, 0.6) is 0 Å². The van der Waals surface area contributed by atoms with Gasteiger partial charge in [-0.1, -0.05) is 30.8 Å². The van der Waals surface area contributed by atoms with E-state index in [0.717, 1.165) is 12.1 Å². The summed E-state index contributed by atoms with van der Waals surface area (Å²) in [5.74, 6) is -1.17. The summed E-state index contributed by atoms with van der Waals surface area (Å²) in [5.41, 5.74) is 0.835. The highest BCUT2D eigenvalue weighted by atomic mass is 32.2. The summed E-state index contributed by atoms with van der Waals surface area (Å²) in [6.45, 7) is 2.20. The Bertz CT molecular complexity index is 387. The molecule has 1 aliphatic rings. The molecule has 2 rings (SSSR count). The molecule has 0 aromatic heterocycles. The van der Waals surface area contributed by atoms with Gasteiger partial charge in [-0.25, -0.2) is 0 Å². The van der Waals surface area contributed by atoms with Crippen LogP contribution >= 0.6 is 23.5 Å². The monoisotopic (exact) mass is 289 g/mol. The molecule has 0 aliphatic carbocycles. The van der Waals surface area contributed by atoms with E-state index in [-0.39, 0.29) is 0 Å². The molecule has 1 fully saturated rings. The van der Waals surface area contributed by atoms with Crippen LogP contribution in [-0.4, -0.2) is 22.8 Å². The highest BCUT2D eigenvalue weighted by Crippen LogP contribution is 2.34. The first-order valence-electron chi connectivity index (χ1n) is 6.09. The summed E-state index contributed by atoms with van der Waals surface area (Å²) in [6, 6.07) is 7.70. The Kier molecular flexibility index (Phi) is 5.18. The van der Waals surface area contributed by atoms with E-state index in [2.05, 4.69) is 12.2 Å². The summed E-state index contributed by atoms with van der Waals surface area (Å²) in [6.07, 6.45) is 2.30. The van der Waals surface area contributed by atoms with E-state index < -0.39 is 5.76 Å². The van der Waals surface area contributed by atoms with Gasteiger partial charge in [0.1, 0.15) is 0 Å². The van der Waals surface area contributed by atoms with Crippen molar-refractivity contribution in [2.24, 2.45) is 0 Å². The summed E-state index contributed by atoms with van der Waals surface area (Å²) in [4.78, 5) is 0.635. The Labute approximate surface area is 115 Å². The van der Waals surface area contributed by atoms with Crippen LogP contribution in [0.4, 0.5) is 14.5 Å². The van der Waals surface area contributed by atoms with Gasteiger partial charge in [-0.3, -0.25) is 0 Å². The molecule has 1 aromatic carbocycles. The SMILES string of the molecule is CC1SCCCC1Nc1ccccc1SC(F)F. The van der Waals surface area contributed by atoms with E-state index in [4.69, 9.17) is 0 Å². The zero-order chi connectivity index (χ0) is 13.0. The predicted molar refractivity (Wildman–Crippen MR) is 76.9 cm³/mol. The van der Waals surface area contributed by atoms with Crippen LogP contribution in [0, 0.1) is 0 Å². The lowest BCUT2D eigenvalue weighted by Crippen LogP contribution is -2.32. The average Bonchev–Trinajstić information content (AvgIpc) is 2.34. The first-order chi connectivity index (χ1) is 8.66. The molecule has 1 N–H and O–H groups in total. The Balaban J connectivity index is 2.07. The molecular weight excluding hydrogens is 272 g/mol. The van der Waals surface area contributed by atoms with Gasteiger partial charge in [-0.2, -0.15) is 20.5 Å². The summed E-state index contributed by atoms with van der Waals surface area (Å²) >= 11 is 2.56. The zero-order valence-electron chi connectivity index (χ0n) is 10.2. The predicted octanol–water partition coefficient (Wildman–Crippen LogP) is 4.70. The van der Waals surface area contributed by atoms with Crippen LogP contribution in [-0.2, 0) is 0 Å². The van der Waals surface area contributed by atoms with E-state index >= 15 is 0 Å². The van der Waals surface area contributed by atoms with Crippen molar-refractivity contribution in [2.75, 3.05) is 11.1 Å². The number of anilines is 1. The van der Waals surface area contributed by atoms with Crippen LogP contribution in [0.3, 0.4) is 0 Å². The number of para-hydroxylation sites is 1. The molecular formula is C13H17F2NS2. The number of halogens is 2. The molecule has 1 saturated heterocycles. The van der Waals surface area contributed by atoms with E-state index in [1.165, 1.54) is 12.2 Å². The third-order valence-corrected chi connectivity index (χ3v) is 5.22. The van der Waals surface area contributed by atoms with Crippen LogP contribution in [0.2, 0.25) is 0 Å². The first-order valence-corrected chi connectivity index (χ1v) is 8.01. The van der Waals surface area contributed by atoms with Crippen molar-refractivity contribution in [1.29, 1.82) is 0 Å². The number of nitrogens with one attached hydrogen (secondary N) is 1. The van der Waals surface area contributed by atoms with Gasteiger partial charge in [0.05, 0.1) is 0 Å². The Morgan fingerprint density at radius 3 is 2.89 bits per heavy atom. The number of alkyl halides is 2. The van der Waals surface area contributed by atoms with Crippen LogP contribution in [0.25, 0.3) is 0 Å². The maximum atomic E-state index is 12.5. The quantitative estimate of drug-likeness (QED) is 0.807. The average molecular weight is 289 g/mol. The Morgan fingerprint density at radius 1 is 1.39 bits per heavy atom. The van der Waals surface area contributed by atoms with Gasteiger partial charge >= 0.3 is 0 Å². The second-order valence-electron chi connectivity index (χ2n) is 4.34. The summed E-state index contributed by atoms with van der Waals surface area (Å²) in [5, 5.41) is 3.96. The molecule has 0 radical (unpaired) electrons. The van der Waals surface area contributed by atoms with Crippen molar-refractivity contribution in [3.63, 3.8) is 0 Å². The van der Waals surface area contributed by atoms with Crippen molar-refractivity contribution in [3.8, 4) is 0 Å². The molecule has 18 heavy (non-hydrogen) atoms.